The number of nitro groups is 1. The lowest BCUT2D eigenvalue weighted by Gasteiger charge is -2.37. The van der Waals surface area contributed by atoms with Crippen LogP contribution < -0.4 is 0 Å². The molecule has 0 unspecified atom stereocenters. The summed E-state index contributed by atoms with van der Waals surface area (Å²) in [5.74, 6) is 0. The second-order valence-electron chi connectivity index (χ2n) is 5.75. The second kappa shape index (κ2) is 6.95. The number of nitrogens with zero attached hydrogens (tertiary/aromatic N) is 3. The molecule has 116 valence electrons. The minimum Gasteiger partial charge on any atom is -0.396 e. The Kier molecular flexibility index (Phi) is 5.25. The molecule has 0 aliphatic heterocycles. The average Bonchev–Trinajstić information content (AvgIpc) is 2.36. The maximum absolute atomic E-state index is 11.2. The molecule has 0 saturated heterocycles. The lowest BCUT2D eigenvalue weighted by molar-refractivity contribution is -0.386. The molecule has 2 rings (SSSR count). The number of hydrogen-bond acceptors (Lipinski definition) is 5. The Hall–Kier alpha value is -1.53. The fourth-order valence-electron chi connectivity index (χ4n) is 2.81. The molecule has 1 fully saturated rings. The van der Waals surface area contributed by atoms with E-state index in [0.29, 0.717) is 23.7 Å². The van der Waals surface area contributed by atoms with E-state index < -0.39 is 0 Å². The highest BCUT2D eigenvalue weighted by Crippen LogP contribution is 2.29. The van der Waals surface area contributed by atoms with Gasteiger partial charge in [0.15, 0.2) is 0 Å². The van der Waals surface area contributed by atoms with E-state index in [1.54, 1.807) is 20.0 Å². The van der Waals surface area contributed by atoms with Crippen LogP contribution in [-0.2, 0) is 6.54 Å². The van der Waals surface area contributed by atoms with Gasteiger partial charge in [-0.05, 0) is 33.1 Å². The maximum atomic E-state index is 11.2. The molecule has 0 spiro atoms. The Labute approximate surface area is 125 Å². The van der Waals surface area contributed by atoms with Crippen molar-refractivity contribution in [2.75, 3.05) is 13.2 Å². The lowest BCUT2D eigenvalue weighted by Crippen LogP contribution is -2.40. The van der Waals surface area contributed by atoms with Crippen molar-refractivity contribution in [2.45, 2.75) is 52.1 Å². The molecular formula is C15H23N3O3. The van der Waals surface area contributed by atoms with Crippen LogP contribution in [-0.4, -0.2) is 39.1 Å². The van der Waals surface area contributed by atoms with Crippen LogP contribution in [0.4, 0.5) is 5.69 Å². The van der Waals surface area contributed by atoms with Crippen molar-refractivity contribution in [3.8, 4) is 0 Å². The van der Waals surface area contributed by atoms with Gasteiger partial charge < -0.3 is 5.11 Å². The van der Waals surface area contributed by atoms with Crippen LogP contribution in [0.15, 0.2) is 6.20 Å². The van der Waals surface area contributed by atoms with E-state index in [-0.39, 0.29) is 17.2 Å². The quantitative estimate of drug-likeness (QED) is 0.616. The number of aliphatic hydroxyl groups is 1. The predicted octanol–water partition coefficient (Wildman–Crippen LogP) is 2.34. The van der Waals surface area contributed by atoms with Gasteiger partial charge in [0.2, 0.25) is 0 Å². The standard InChI is InChI=1S/C15H23N3O3/c1-11-9-16-14(12(2)15(11)18(20)21)10-17(7-4-8-19)13-5-3-6-13/h9,13,19H,3-8,10H2,1-2H3. The van der Waals surface area contributed by atoms with Crippen LogP contribution in [0.2, 0.25) is 0 Å². The molecule has 1 aromatic heterocycles. The summed E-state index contributed by atoms with van der Waals surface area (Å²) >= 11 is 0. The summed E-state index contributed by atoms with van der Waals surface area (Å²) in [6.45, 7) is 5.10. The molecule has 21 heavy (non-hydrogen) atoms. The van der Waals surface area contributed by atoms with Gasteiger partial charge in [-0.15, -0.1) is 0 Å². The first-order chi connectivity index (χ1) is 10.0. The number of rotatable bonds is 7. The van der Waals surface area contributed by atoms with Crippen molar-refractivity contribution in [1.29, 1.82) is 0 Å². The summed E-state index contributed by atoms with van der Waals surface area (Å²) in [6.07, 6.45) is 5.88. The van der Waals surface area contributed by atoms with Crippen LogP contribution in [0.25, 0.3) is 0 Å². The Balaban J connectivity index is 2.19. The SMILES string of the molecule is Cc1cnc(CN(CCCO)C2CCC2)c(C)c1[N+](=O)[O-]. The first-order valence-corrected chi connectivity index (χ1v) is 7.49. The molecule has 0 radical (unpaired) electrons. The third-order valence-electron chi connectivity index (χ3n) is 4.31. The van der Waals surface area contributed by atoms with Crippen LogP contribution in [0.3, 0.4) is 0 Å². The van der Waals surface area contributed by atoms with Gasteiger partial charge in [0.05, 0.1) is 10.6 Å². The van der Waals surface area contributed by atoms with Gasteiger partial charge in [0.25, 0.3) is 5.69 Å². The highest BCUT2D eigenvalue weighted by atomic mass is 16.6. The van der Waals surface area contributed by atoms with Crippen molar-refractivity contribution in [2.24, 2.45) is 0 Å². The second-order valence-corrected chi connectivity index (χ2v) is 5.75. The van der Waals surface area contributed by atoms with E-state index in [4.69, 9.17) is 5.11 Å². The zero-order chi connectivity index (χ0) is 15.4. The van der Waals surface area contributed by atoms with Crippen LogP contribution in [0, 0.1) is 24.0 Å². The summed E-state index contributed by atoms with van der Waals surface area (Å²) in [4.78, 5) is 17.6. The minimum absolute atomic E-state index is 0.170. The number of aliphatic hydroxyl groups excluding tert-OH is 1. The molecule has 1 heterocycles. The zero-order valence-corrected chi connectivity index (χ0v) is 12.7. The highest BCUT2D eigenvalue weighted by molar-refractivity contribution is 5.47. The van der Waals surface area contributed by atoms with E-state index in [2.05, 4.69) is 9.88 Å². The zero-order valence-electron chi connectivity index (χ0n) is 12.7. The van der Waals surface area contributed by atoms with Crippen molar-refractivity contribution < 1.29 is 10.0 Å². The van der Waals surface area contributed by atoms with Crippen molar-refractivity contribution >= 4 is 5.69 Å². The largest absolute Gasteiger partial charge is 0.396 e. The number of aromatic nitrogens is 1. The first-order valence-electron chi connectivity index (χ1n) is 7.49. The van der Waals surface area contributed by atoms with Crippen molar-refractivity contribution in [1.82, 2.24) is 9.88 Å². The molecule has 1 aromatic rings. The van der Waals surface area contributed by atoms with Crippen molar-refractivity contribution in [3.05, 3.63) is 33.1 Å². The Morgan fingerprint density at radius 3 is 2.71 bits per heavy atom. The number of aryl methyl sites for hydroxylation is 1. The monoisotopic (exact) mass is 293 g/mol. The van der Waals surface area contributed by atoms with Gasteiger partial charge in [-0.25, -0.2) is 0 Å². The van der Waals surface area contributed by atoms with E-state index in [1.165, 1.54) is 19.3 Å². The van der Waals surface area contributed by atoms with Crippen LogP contribution >= 0.6 is 0 Å². The summed E-state index contributed by atoms with van der Waals surface area (Å²) in [5.41, 5.74) is 2.22. The maximum Gasteiger partial charge on any atom is 0.278 e. The summed E-state index contributed by atoms with van der Waals surface area (Å²) in [5, 5.41) is 20.2. The first kappa shape index (κ1) is 15.9. The minimum atomic E-state index is -0.322. The fourth-order valence-corrected chi connectivity index (χ4v) is 2.81. The highest BCUT2D eigenvalue weighted by Gasteiger charge is 2.27. The van der Waals surface area contributed by atoms with E-state index in [0.717, 1.165) is 18.7 Å². The topological polar surface area (TPSA) is 79.5 Å². The van der Waals surface area contributed by atoms with Gasteiger partial charge in [-0.1, -0.05) is 6.42 Å². The van der Waals surface area contributed by atoms with Crippen LogP contribution in [0.5, 0.6) is 0 Å². The summed E-state index contributed by atoms with van der Waals surface area (Å²) in [6, 6.07) is 0.526. The smallest absolute Gasteiger partial charge is 0.278 e. The Morgan fingerprint density at radius 1 is 1.48 bits per heavy atom. The molecule has 6 nitrogen and oxygen atoms in total. The Bertz CT molecular complexity index is 515. The van der Waals surface area contributed by atoms with Gasteiger partial charge in [0.1, 0.15) is 0 Å². The van der Waals surface area contributed by atoms with Gasteiger partial charge >= 0.3 is 0 Å². The third kappa shape index (κ3) is 3.57. The third-order valence-corrected chi connectivity index (χ3v) is 4.31. The average molecular weight is 293 g/mol. The Morgan fingerprint density at radius 2 is 2.19 bits per heavy atom. The van der Waals surface area contributed by atoms with Crippen LogP contribution in [0.1, 0.15) is 42.5 Å². The molecule has 1 aliphatic rings. The van der Waals surface area contributed by atoms with E-state index in [1.807, 2.05) is 0 Å². The molecule has 1 N–H and O–H groups in total. The van der Waals surface area contributed by atoms with Crippen molar-refractivity contribution in [3.63, 3.8) is 0 Å². The number of hydrogen-bond donors (Lipinski definition) is 1. The molecule has 0 amide bonds. The molecule has 1 saturated carbocycles. The molecule has 6 heteroatoms. The van der Waals surface area contributed by atoms with Gasteiger partial charge in [-0.3, -0.25) is 20.0 Å². The van der Waals surface area contributed by atoms with E-state index >= 15 is 0 Å². The summed E-state index contributed by atoms with van der Waals surface area (Å²) < 4.78 is 0. The number of pyridine rings is 1. The van der Waals surface area contributed by atoms with Gasteiger partial charge in [0, 0.05) is 43.1 Å². The molecule has 0 aromatic carbocycles. The molecular weight excluding hydrogens is 270 g/mol. The lowest BCUT2D eigenvalue weighted by atomic mass is 9.91. The molecule has 0 bridgehead atoms. The fraction of sp³-hybridized carbons (Fsp3) is 0.667. The van der Waals surface area contributed by atoms with E-state index in [9.17, 15) is 10.1 Å². The normalized spacial score (nSPS) is 15.2. The van der Waals surface area contributed by atoms with Gasteiger partial charge in [-0.2, -0.15) is 0 Å². The molecule has 1 aliphatic carbocycles. The molecule has 0 atom stereocenters. The summed E-state index contributed by atoms with van der Waals surface area (Å²) in [7, 11) is 0. The predicted molar refractivity (Wildman–Crippen MR) is 80.1 cm³/mol.